The molecule has 0 saturated carbocycles. The van der Waals surface area contributed by atoms with Crippen LogP contribution in [0.15, 0.2) is 0 Å². The van der Waals surface area contributed by atoms with Gasteiger partial charge in [0, 0.05) is 6.42 Å². The number of carbonyl (C=O) groups excluding carboxylic acids is 1. The van der Waals surface area contributed by atoms with E-state index in [1.54, 1.807) is 0 Å². The van der Waals surface area contributed by atoms with Crippen LogP contribution >= 0.6 is 0 Å². The van der Waals surface area contributed by atoms with Crippen LogP contribution in [0.25, 0.3) is 0 Å². The minimum atomic E-state index is -5.22. The first-order valence-electron chi connectivity index (χ1n) is 7.22. The Morgan fingerprint density at radius 1 is 0.900 bits per heavy atom. The number of unbranched alkanes of at least 4 members (excludes halogenated alkanes) is 6. The molecule has 0 aliphatic rings. The summed E-state index contributed by atoms with van der Waals surface area (Å²) in [6.07, 6.45) is -0.650. The van der Waals surface area contributed by atoms with Gasteiger partial charge in [-0.05, 0) is 13.3 Å². The molecule has 0 N–H and O–H groups in total. The standard InChI is InChI=1S/C14H24F4O2/c1-3-5-6-7-8-9-10-11-13(15,14(16,17)18)12(19)20-4-2/h3-11H2,1-2H3. The highest BCUT2D eigenvalue weighted by Crippen LogP contribution is 2.39. The number of hydrogen-bond donors (Lipinski definition) is 0. The first-order chi connectivity index (χ1) is 9.29. The van der Waals surface area contributed by atoms with Crippen molar-refractivity contribution in [2.24, 2.45) is 0 Å². The lowest BCUT2D eigenvalue weighted by atomic mass is 9.96. The van der Waals surface area contributed by atoms with Crippen molar-refractivity contribution in [2.45, 2.75) is 77.1 Å². The second-order valence-electron chi connectivity index (χ2n) is 4.89. The van der Waals surface area contributed by atoms with Gasteiger partial charge in [0.2, 0.25) is 0 Å². The second kappa shape index (κ2) is 9.19. The number of hydrogen-bond acceptors (Lipinski definition) is 2. The van der Waals surface area contributed by atoms with E-state index in [1.165, 1.54) is 6.92 Å². The molecular formula is C14H24F4O2. The van der Waals surface area contributed by atoms with Gasteiger partial charge in [-0.1, -0.05) is 45.4 Å². The van der Waals surface area contributed by atoms with Crippen LogP contribution in [0.1, 0.15) is 65.2 Å². The summed E-state index contributed by atoms with van der Waals surface area (Å²) in [6.45, 7) is 3.15. The first-order valence-corrected chi connectivity index (χ1v) is 7.22. The highest BCUT2D eigenvalue weighted by Gasteiger charge is 2.62. The Bertz CT molecular complexity index is 279. The highest BCUT2D eigenvalue weighted by molar-refractivity contribution is 5.80. The molecule has 0 bridgehead atoms. The number of carbonyl (C=O) groups is 1. The highest BCUT2D eigenvalue weighted by atomic mass is 19.4. The Labute approximate surface area is 117 Å². The van der Waals surface area contributed by atoms with E-state index in [0.717, 1.165) is 32.1 Å². The summed E-state index contributed by atoms with van der Waals surface area (Å²) in [5, 5.41) is 0. The van der Waals surface area contributed by atoms with Crippen LogP contribution in [0.4, 0.5) is 17.6 Å². The molecule has 1 unspecified atom stereocenters. The molecule has 1 atom stereocenters. The van der Waals surface area contributed by atoms with Crippen molar-refractivity contribution >= 4 is 5.97 Å². The van der Waals surface area contributed by atoms with Crippen molar-refractivity contribution in [3.8, 4) is 0 Å². The third-order valence-electron chi connectivity index (χ3n) is 3.17. The first kappa shape index (κ1) is 19.2. The molecule has 120 valence electrons. The molecule has 0 aliphatic carbocycles. The fraction of sp³-hybridized carbons (Fsp3) is 0.929. The van der Waals surface area contributed by atoms with E-state index in [2.05, 4.69) is 11.7 Å². The van der Waals surface area contributed by atoms with Crippen LogP contribution in [-0.2, 0) is 9.53 Å². The molecular weight excluding hydrogens is 276 g/mol. The lowest BCUT2D eigenvalue weighted by molar-refractivity contribution is -0.241. The summed E-state index contributed by atoms with van der Waals surface area (Å²) >= 11 is 0. The van der Waals surface area contributed by atoms with E-state index in [0.29, 0.717) is 6.42 Å². The number of rotatable bonds is 10. The van der Waals surface area contributed by atoms with Gasteiger partial charge >= 0.3 is 17.8 Å². The van der Waals surface area contributed by atoms with Crippen LogP contribution < -0.4 is 0 Å². The maximum atomic E-state index is 13.9. The van der Waals surface area contributed by atoms with E-state index in [1.807, 2.05) is 0 Å². The van der Waals surface area contributed by atoms with E-state index in [9.17, 15) is 22.4 Å². The molecule has 0 fully saturated rings. The van der Waals surface area contributed by atoms with Crippen LogP contribution in [0.2, 0.25) is 0 Å². The van der Waals surface area contributed by atoms with Crippen molar-refractivity contribution in [1.82, 2.24) is 0 Å². The maximum Gasteiger partial charge on any atom is 0.433 e. The predicted molar refractivity (Wildman–Crippen MR) is 69.1 cm³/mol. The minimum Gasteiger partial charge on any atom is -0.463 e. The van der Waals surface area contributed by atoms with Crippen LogP contribution in [-0.4, -0.2) is 24.4 Å². The Morgan fingerprint density at radius 3 is 1.85 bits per heavy atom. The molecule has 20 heavy (non-hydrogen) atoms. The van der Waals surface area contributed by atoms with Gasteiger partial charge in [0.1, 0.15) is 0 Å². The van der Waals surface area contributed by atoms with E-state index >= 15 is 0 Å². The van der Waals surface area contributed by atoms with Gasteiger partial charge in [-0.25, -0.2) is 9.18 Å². The largest absolute Gasteiger partial charge is 0.463 e. The zero-order valence-corrected chi connectivity index (χ0v) is 12.2. The van der Waals surface area contributed by atoms with Crippen molar-refractivity contribution in [1.29, 1.82) is 0 Å². The average Bonchev–Trinajstić information content (AvgIpc) is 2.36. The number of alkyl halides is 4. The monoisotopic (exact) mass is 300 g/mol. The van der Waals surface area contributed by atoms with Gasteiger partial charge in [0.15, 0.2) is 0 Å². The molecule has 6 heteroatoms. The van der Waals surface area contributed by atoms with Gasteiger partial charge in [0.05, 0.1) is 6.61 Å². The molecule has 0 amide bonds. The summed E-state index contributed by atoms with van der Waals surface area (Å²) in [7, 11) is 0. The molecule has 0 spiro atoms. The predicted octanol–water partition coefficient (Wildman–Crippen LogP) is 4.96. The van der Waals surface area contributed by atoms with E-state index < -0.39 is 24.2 Å². The van der Waals surface area contributed by atoms with Gasteiger partial charge < -0.3 is 4.74 Å². The van der Waals surface area contributed by atoms with Crippen molar-refractivity contribution in [2.75, 3.05) is 6.61 Å². The van der Waals surface area contributed by atoms with Gasteiger partial charge in [0.25, 0.3) is 0 Å². The lowest BCUT2D eigenvalue weighted by Crippen LogP contribution is -2.49. The summed E-state index contributed by atoms with van der Waals surface area (Å²) in [5.41, 5.74) is -3.87. The molecule has 0 aromatic heterocycles. The van der Waals surface area contributed by atoms with Crippen molar-refractivity contribution < 1.29 is 27.1 Å². The molecule has 0 heterocycles. The van der Waals surface area contributed by atoms with Gasteiger partial charge in [-0.15, -0.1) is 0 Å². The third-order valence-corrected chi connectivity index (χ3v) is 3.17. The Balaban J connectivity index is 4.23. The molecule has 0 radical (unpaired) electrons. The van der Waals surface area contributed by atoms with Crippen LogP contribution in [0.5, 0.6) is 0 Å². The summed E-state index contributed by atoms with van der Waals surface area (Å²) in [4.78, 5) is 11.2. The zero-order valence-electron chi connectivity index (χ0n) is 12.2. The normalized spacial score (nSPS) is 14.9. The zero-order chi connectivity index (χ0) is 15.6. The SMILES string of the molecule is CCCCCCCCCC(F)(C(=O)OCC)C(F)(F)F. The molecule has 0 saturated heterocycles. The average molecular weight is 300 g/mol. The Kier molecular flexibility index (Phi) is 8.81. The topological polar surface area (TPSA) is 26.3 Å². The summed E-state index contributed by atoms with van der Waals surface area (Å²) in [5.74, 6) is -1.82. The second-order valence-corrected chi connectivity index (χ2v) is 4.89. The van der Waals surface area contributed by atoms with Crippen LogP contribution in [0, 0.1) is 0 Å². The van der Waals surface area contributed by atoms with Crippen molar-refractivity contribution in [3.63, 3.8) is 0 Å². The summed E-state index contributed by atoms with van der Waals surface area (Å²) < 4.78 is 56.2. The molecule has 0 rings (SSSR count). The van der Waals surface area contributed by atoms with E-state index in [4.69, 9.17) is 0 Å². The third kappa shape index (κ3) is 6.09. The van der Waals surface area contributed by atoms with Crippen molar-refractivity contribution in [3.05, 3.63) is 0 Å². The van der Waals surface area contributed by atoms with E-state index in [-0.39, 0.29) is 13.0 Å². The van der Waals surface area contributed by atoms with Gasteiger partial charge in [-0.3, -0.25) is 0 Å². The Hall–Kier alpha value is -0.810. The quantitative estimate of drug-likeness (QED) is 0.324. The lowest BCUT2D eigenvalue weighted by Gasteiger charge is -2.25. The molecule has 0 aromatic rings. The Morgan fingerprint density at radius 2 is 1.40 bits per heavy atom. The molecule has 0 aromatic carbocycles. The number of esters is 1. The number of ether oxygens (including phenoxy) is 1. The molecule has 2 nitrogen and oxygen atoms in total. The molecule has 0 aliphatic heterocycles. The summed E-state index contributed by atoms with van der Waals surface area (Å²) in [6, 6.07) is 0. The fourth-order valence-electron chi connectivity index (χ4n) is 1.93. The van der Waals surface area contributed by atoms with Gasteiger partial charge in [-0.2, -0.15) is 13.2 Å². The minimum absolute atomic E-state index is 0.0287. The smallest absolute Gasteiger partial charge is 0.433 e. The van der Waals surface area contributed by atoms with Crippen LogP contribution in [0.3, 0.4) is 0 Å². The fourth-order valence-corrected chi connectivity index (χ4v) is 1.93. The number of halogens is 4. The maximum absolute atomic E-state index is 13.9.